The second-order valence-corrected chi connectivity index (χ2v) is 6.05. The molecule has 2 rings (SSSR count). The van der Waals surface area contributed by atoms with Crippen LogP contribution in [0.2, 0.25) is 5.02 Å². The Morgan fingerprint density at radius 1 is 1.21 bits per heavy atom. The fraction of sp³-hybridized carbons (Fsp3) is 0.0769. The highest BCUT2D eigenvalue weighted by atomic mass is 79.9. The number of anilines is 1. The molecular weight excluding hydrogens is 400 g/mol. The average molecular weight is 409 g/mol. The van der Waals surface area contributed by atoms with Crippen LogP contribution in [-0.2, 0) is 6.54 Å². The SMILES string of the molecule is Oc1ccc(Br)cc1CNc1c(Cl)cc(F)cc1Br. The monoisotopic (exact) mass is 407 g/mol. The van der Waals surface area contributed by atoms with Crippen molar-refractivity contribution in [3.63, 3.8) is 0 Å². The van der Waals surface area contributed by atoms with E-state index >= 15 is 0 Å². The van der Waals surface area contributed by atoms with Gasteiger partial charge in [-0.25, -0.2) is 4.39 Å². The molecule has 0 fully saturated rings. The lowest BCUT2D eigenvalue weighted by Crippen LogP contribution is -2.01. The summed E-state index contributed by atoms with van der Waals surface area (Å²) in [4.78, 5) is 0. The topological polar surface area (TPSA) is 32.3 Å². The van der Waals surface area contributed by atoms with Gasteiger partial charge in [-0.15, -0.1) is 0 Å². The van der Waals surface area contributed by atoms with Gasteiger partial charge >= 0.3 is 0 Å². The first kappa shape index (κ1) is 14.6. The van der Waals surface area contributed by atoms with Gasteiger partial charge in [-0.3, -0.25) is 0 Å². The van der Waals surface area contributed by atoms with Crippen LogP contribution in [0, 0.1) is 5.82 Å². The van der Waals surface area contributed by atoms with E-state index in [-0.39, 0.29) is 10.8 Å². The number of benzene rings is 2. The number of nitrogens with one attached hydrogen (secondary N) is 1. The second kappa shape index (κ2) is 6.11. The molecule has 2 aromatic rings. The molecule has 0 bridgehead atoms. The number of hydrogen-bond donors (Lipinski definition) is 2. The van der Waals surface area contributed by atoms with Crippen LogP contribution in [0.15, 0.2) is 39.3 Å². The summed E-state index contributed by atoms with van der Waals surface area (Å²) >= 11 is 12.6. The maximum Gasteiger partial charge on any atom is 0.125 e. The van der Waals surface area contributed by atoms with Crippen molar-refractivity contribution in [1.82, 2.24) is 0 Å². The Morgan fingerprint density at radius 2 is 1.95 bits per heavy atom. The van der Waals surface area contributed by atoms with E-state index in [0.29, 0.717) is 22.3 Å². The van der Waals surface area contributed by atoms with Gasteiger partial charge in [0.15, 0.2) is 0 Å². The summed E-state index contributed by atoms with van der Waals surface area (Å²) in [5, 5.41) is 13.1. The summed E-state index contributed by atoms with van der Waals surface area (Å²) in [5.41, 5.74) is 1.30. The number of hydrogen-bond acceptors (Lipinski definition) is 2. The standard InChI is InChI=1S/C13H9Br2ClFNO/c14-8-1-2-12(19)7(3-8)6-18-13-10(15)4-9(17)5-11(13)16/h1-5,18-19H,6H2. The molecule has 19 heavy (non-hydrogen) atoms. The Labute approximate surface area is 131 Å². The molecule has 0 unspecified atom stereocenters. The van der Waals surface area contributed by atoms with E-state index < -0.39 is 5.82 Å². The van der Waals surface area contributed by atoms with Gasteiger partial charge in [0.05, 0.1) is 10.7 Å². The zero-order valence-corrected chi connectivity index (χ0v) is 13.5. The van der Waals surface area contributed by atoms with E-state index in [1.54, 1.807) is 18.2 Å². The molecule has 2 N–H and O–H groups in total. The maximum absolute atomic E-state index is 13.1. The third-order valence-corrected chi connectivity index (χ3v) is 3.92. The van der Waals surface area contributed by atoms with Crippen molar-refractivity contribution in [1.29, 1.82) is 0 Å². The highest BCUT2D eigenvalue weighted by Crippen LogP contribution is 2.32. The normalized spacial score (nSPS) is 10.5. The van der Waals surface area contributed by atoms with Crippen molar-refractivity contribution in [2.75, 3.05) is 5.32 Å². The average Bonchev–Trinajstić information content (AvgIpc) is 2.32. The van der Waals surface area contributed by atoms with Crippen LogP contribution in [0.5, 0.6) is 5.75 Å². The van der Waals surface area contributed by atoms with E-state index in [9.17, 15) is 9.50 Å². The lowest BCUT2D eigenvalue weighted by Gasteiger charge is -2.12. The molecule has 0 aliphatic heterocycles. The molecule has 6 heteroatoms. The van der Waals surface area contributed by atoms with Crippen LogP contribution >= 0.6 is 43.5 Å². The predicted octanol–water partition coefficient (Wildman–Crippen LogP) is 5.32. The molecule has 0 spiro atoms. The fourth-order valence-corrected chi connectivity index (χ4v) is 2.96. The van der Waals surface area contributed by atoms with Gasteiger partial charge in [0.1, 0.15) is 11.6 Å². The van der Waals surface area contributed by atoms with Crippen LogP contribution in [0.3, 0.4) is 0 Å². The van der Waals surface area contributed by atoms with Crippen molar-refractivity contribution in [3.05, 3.63) is 55.7 Å². The van der Waals surface area contributed by atoms with Gasteiger partial charge in [0, 0.05) is 21.1 Å². The van der Waals surface area contributed by atoms with Crippen molar-refractivity contribution in [2.45, 2.75) is 6.54 Å². The molecule has 0 heterocycles. The number of aromatic hydroxyl groups is 1. The molecule has 0 saturated carbocycles. The summed E-state index contributed by atoms with van der Waals surface area (Å²) in [5.74, 6) is -0.224. The van der Waals surface area contributed by atoms with Crippen LogP contribution < -0.4 is 5.32 Å². The fourth-order valence-electron chi connectivity index (χ4n) is 1.59. The van der Waals surface area contributed by atoms with Crippen LogP contribution in [0.4, 0.5) is 10.1 Å². The number of halogens is 4. The van der Waals surface area contributed by atoms with Gasteiger partial charge in [0.2, 0.25) is 0 Å². The minimum atomic E-state index is -0.410. The Morgan fingerprint density at radius 3 is 2.63 bits per heavy atom. The van der Waals surface area contributed by atoms with E-state index in [1.807, 2.05) is 0 Å². The molecule has 0 radical (unpaired) electrons. The molecule has 0 aliphatic carbocycles. The van der Waals surface area contributed by atoms with Gasteiger partial charge < -0.3 is 10.4 Å². The third kappa shape index (κ3) is 3.61. The molecular formula is C13H9Br2ClFNO. The first-order valence-corrected chi connectivity index (χ1v) is 7.29. The Kier molecular flexibility index (Phi) is 4.71. The molecule has 0 aliphatic rings. The Balaban J connectivity index is 2.21. The summed E-state index contributed by atoms with van der Waals surface area (Å²) in [7, 11) is 0. The summed E-state index contributed by atoms with van der Waals surface area (Å²) in [6, 6.07) is 7.71. The molecule has 0 atom stereocenters. The van der Waals surface area contributed by atoms with E-state index in [1.165, 1.54) is 12.1 Å². The zero-order valence-electron chi connectivity index (χ0n) is 9.55. The van der Waals surface area contributed by atoms with Crippen LogP contribution in [-0.4, -0.2) is 5.11 Å². The highest BCUT2D eigenvalue weighted by molar-refractivity contribution is 9.10. The largest absolute Gasteiger partial charge is 0.508 e. The molecule has 2 nitrogen and oxygen atoms in total. The minimum Gasteiger partial charge on any atom is -0.508 e. The molecule has 0 amide bonds. The lowest BCUT2D eigenvalue weighted by atomic mass is 10.2. The minimum absolute atomic E-state index is 0.185. The van der Waals surface area contributed by atoms with Gasteiger partial charge in [-0.2, -0.15) is 0 Å². The molecule has 0 saturated heterocycles. The van der Waals surface area contributed by atoms with E-state index in [2.05, 4.69) is 37.2 Å². The predicted molar refractivity (Wildman–Crippen MR) is 82.2 cm³/mol. The summed E-state index contributed by atoms with van der Waals surface area (Å²) in [6.07, 6.45) is 0. The molecule has 0 aromatic heterocycles. The van der Waals surface area contributed by atoms with E-state index in [4.69, 9.17) is 11.6 Å². The first-order valence-electron chi connectivity index (χ1n) is 5.33. The van der Waals surface area contributed by atoms with Gasteiger partial charge in [-0.1, -0.05) is 27.5 Å². The Hall–Kier alpha value is -0.780. The maximum atomic E-state index is 13.1. The second-order valence-electron chi connectivity index (χ2n) is 3.87. The highest BCUT2D eigenvalue weighted by Gasteiger charge is 2.09. The number of phenols is 1. The zero-order chi connectivity index (χ0) is 14.0. The Bertz CT molecular complexity index is 599. The van der Waals surface area contributed by atoms with Crippen LogP contribution in [0.1, 0.15) is 5.56 Å². The molecule has 100 valence electrons. The van der Waals surface area contributed by atoms with Crippen molar-refractivity contribution < 1.29 is 9.50 Å². The molecule has 2 aromatic carbocycles. The first-order chi connectivity index (χ1) is 8.97. The van der Waals surface area contributed by atoms with Crippen molar-refractivity contribution >= 4 is 49.1 Å². The smallest absolute Gasteiger partial charge is 0.125 e. The lowest BCUT2D eigenvalue weighted by molar-refractivity contribution is 0.469. The number of rotatable bonds is 3. The third-order valence-electron chi connectivity index (χ3n) is 2.50. The van der Waals surface area contributed by atoms with Crippen molar-refractivity contribution in [3.8, 4) is 5.75 Å². The summed E-state index contributed by atoms with van der Waals surface area (Å²) < 4.78 is 14.5. The van der Waals surface area contributed by atoms with Crippen molar-refractivity contribution in [2.24, 2.45) is 0 Å². The van der Waals surface area contributed by atoms with Crippen LogP contribution in [0.25, 0.3) is 0 Å². The summed E-state index contributed by atoms with van der Waals surface area (Å²) in [6.45, 7) is 0.370. The van der Waals surface area contributed by atoms with E-state index in [0.717, 1.165) is 4.47 Å². The van der Waals surface area contributed by atoms with Gasteiger partial charge in [-0.05, 0) is 46.3 Å². The number of phenolic OH excluding ortho intramolecular Hbond substituents is 1. The quantitative estimate of drug-likeness (QED) is 0.719. The van der Waals surface area contributed by atoms with Gasteiger partial charge in [0.25, 0.3) is 0 Å².